The molecule has 8 heteroatoms. The van der Waals surface area contributed by atoms with Gasteiger partial charge in [-0.15, -0.1) is 12.4 Å². The van der Waals surface area contributed by atoms with Crippen LogP contribution < -0.4 is 5.32 Å². The van der Waals surface area contributed by atoms with Gasteiger partial charge < -0.3 is 19.5 Å². The highest BCUT2D eigenvalue weighted by atomic mass is 35.5. The van der Waals surface area contributed by atoms with E-state index in [2.05, 4.69) is 29.3 Å². The van der Waals surface area contributed by atoms with Crippen LogP contribution in [0.25, 0.3) is 0 Å². The van der Waals surface area contributed by atoms with E-state index < -0.39 is 0 Å². The van der Waals surface area contributed by atoms with Gasteiger partial charge in [-0.25, -0.2) is 0 Å². The molecule has 0 bridgehead atoms. The summed E-state index contributed by atoms with van der Waals surface area (Å²) in [6.45, 7) is 7.53. The molecule has 0 saturated carbocycles. The number of rotatable bonds is 5. The molecule has 3 atom stereocenters. The highest BCUT2D eigenvalue weighted by molar-refractivity contribution is 5.85. The first-order chi connectivity index (χ1) is 9.99. The topological polar surface area (TPSA) is 80.5 Å². The van der Waals surface area contributed by atoms with Crippen molar-refractivity contribution in [3.05, 3.63) is 11.7 Å². The number of ether oxygens (including phenoxy) is 1. The predicted molar refractivity (Wildman–Crippen MR) is 83.9 cm³/mol. The maximum atomic E-state index is 12.2. The van der Waals surface area contributed by atoms with E-state index in [1.54, 1.807) is 7.11 Å². The molecule has 1 aromatic heterocycles. The van der Waals surface area contributed by atoms with Crippen LogP contribution in [-0.2, 0) is 16.0 Å². The van der Waals surface area contributed by atoms with Crippen LogP contribution in [0.5, 0.6) is 0 Å². The van der Waals surface area contributed by atoms with Crippen LogP contribution in [0.1, 0.15) is 45.0 Å². The van der Waals surface area contributed by atoms with Crippen molar-refractivity contribution in [3.8, 4) is 0 Å². The van der Waals surface area contributed by atoms with Gasteiger partial charge in [0.05, 0.1) is 0 Å². The number of carbonyl (C=O) groups excluding carboxylic acids is 1. The van der Waals surface area contributed by atoms with Crippen LogP contribution in [0.15, 0.2) is 4.52 Å². The Balaban J connectivity index is 0.00000242. The van der Waals surface area contributed by atoms with Gasteiger partial charge in [0.15, 0.2) is 5.82 Å². The highest BCUT2D eigenvalue weighted by Crippen LogP contribution is 2.13. The first kappa shape index (κ1) is 18.9. The van der Waals surface area contributed by atoms with Crippen molar-refractivity contribution in [2.24, 2.45) is 0 Å². The molecular weight excluding hydrogens is 308 g/mol. The van der Waals surface area contributed by atoms with E-state index in [1.807, 2.05) is 11.8 Å². The first-order valence-corrected chi connectivity index (χ1v) is 7.38. The summed E-state index contributed by atoms with van der Waals surface area (Å²) < 4.78 is 10.3. The van der Waals surface area contributed by atoms with E-state index in [0.29, 0.717) is 36.6 Å². The third kappa shape index (κ3) is 4.93. The van der Waals surface area contributed by atoms with Gasteiger partial charge >= 0.3 is 0 Å². The van der Waals surface area contributed by atoms with E-state index in [0.717, 1.165) is 13.1 Å². The number of aromatic nitrogens is 2. The molecule has 1 aromatic rings. The molecule has 0 spiro atoms. The van der Waals surface area contributed by atoms with Gasteiger partial charge in [0, 0.05) is 45.1 Å². The Morgan fingerprint density at radius 3 is 2.68 bits per heavy atom. The Hall–Kier alpha value is -1.18. The smallest absolute Gasteiger partial charge is 0.227 e. The second-order valence-corrected chi connectivity index (χ2v) is 5.69. The van der Waals surface area contributed by atoms with Crippen molar-refractivity contribution < 1.29 is 14.1 Å². The average Bonchev–Trinajstić information content (AvgIpc) is 2.91. The fraction of sp³-hybridized carbons (Fsp3) is 0.786. The Labute approximate surface area is 137 Å². The minimum absolute atomic E-state index is 0. The van der Waals surface area contributed by atoms with Crippen molar-refractivity contribution in [3.63, 3.8) is 0 Å². The zero-order chi connectivity index (χ0) is 15.4. The molecule has 2 rings (SSSR count). The second kappa shape index (κ2) is 8.45. The lowest BCUT2D eigenvalue weighted by Gasteiger charge is -2.36. The molecule has 22 heavy (non-hydrogen) atoms. The molecule has 126 valence electrons. The lowest BCUT2D eigenvalue weighted by molar-refractivity contribution is -0.133. The second-order valence-electron chi connectivity index (χ2n) is 5.69. The number of hydrogen-bond acceptors (Lipinski definition) is 6. The first-order valence-electron chi connectivity index (χ1n) is 7.38. The molecule has 0 aliphatic carbocycles. The maximum absolute atomic E-state index is 12.2. The monoisotopic (exact) mass is 332 g/mol. The van der Waals surface area contributed by atoms with Crippen molar-refractivity contribution in [1.29, 1.82) is 0 Å². The molecule has 1 fully saturated rings. The Morgan fingerprint density at radius 2 is 2.09 bits per heavy atom. The zero-order valence-corrected chi connectivity index (χ0v) is 14.4. The van der Waals surface area contributed by atoms with Crippen LogP contribution in [0.4, 0.5) is 0 Å². The molecule has 1 aliphatic heterocycles. The molecular formula is C14H25ClN4O3. The molecule has 1 N–H and O–H groups in total. The summed E-state index contributed by atoms with van der Waals surface area (Å²) in [5, 5.41) is 7.27. The summed E-state index contributed by atoms with van der Waals surface area (Å²) in [7, 11) is 1.59. The number of nitrogens with zero attached hydrogens (tertiary/aromatic N) is 3. The number of aryl methyl sites for hydroxylation is 1. The van der Waals surface area contributed by atoms with Crippen molar-refractivity contribution >= 4 is 18.3 Å². The quantitative estimate of drug-likeness (QED) is 0.876. The third-order valence-electron chi connectivity index (χ3n) is 3.66. The average molecular weight is 333 g/mol. The number of halogens is 1. The third-order valence-corrected chi connectivity index (χ3v) is 3.66. The summed E-state index contributed by atoms with van der Waals surface area (Å²) in [6.07, 6.45) is 0.658. The van der Waals surface area contributed by atoms with Crippen LogP contribution in [0.3, 0.4) is 0 Å². The van der Waals surface area contributed by atoms with E-state index in [9.17, 15) is 4.79 Å². The van der Waals surface area contributed by atoms with E-state index >= 15 is 0 Å². The number of amides is 1. The molecule has 0 radical (unpaired) electrons. The van der Waals surface area contributed by atoms with Gasteiger partial charge in [-0.3, -0.25) is 4.79 Å². The summed E-state index contributed by atoms with van der Waals surface area (Å²) in [6, 6.07) is 0.658. The van der Waals surface area contributed by atoms with E-state index in [4.69, 9.17) is 9.26 Å². The van der Waals surface area contributed by atoms with Gasteiger partial charge in [0.1, 0.15) is 6.10 Å². The number of piperazine rings is 1. The van der Waals surface area contributed by atoms with Gasteiger partial charge in [0.2, 0.25) is 11.8 Å². The Bertz CT molecular complexity index is 472. The lowest BCUT2D eigenvalue weighted by Crippen LogP contribution is -2.55. The summed E-state index contributed by atoms with van der Waals surface area (Å²) in [5.41, 5.74) is 0. The van der Waals surface area contributed by atoms with Gasteiger partial charge in [-0.1, -0.05) is 5.16 Å². The van der Waals surface area contributed by atoms with Crippen LogP contribution in [-0.4, -0.2) is 53.2 Å². The standard InChI is InChI=1S/C14H24N4O3.ClH/c1-9-7-18(8-10(2)15-9)13(19)6-5-12-16-14(17-21-12)11(3)20-4;/h9-11,15H,5-8H2,1-4H3;1H. The number of hydrogen-bond donors (Lipinski definition) is 1. The SMILES string of the molecule is COC(C)c1noc(CCC(=O)N2CC(C)NC(C)C2)n1.Cl. The van der Waals surface area contributed by atoms with Gasteiger partial charge in [-0.2, -0.15) is 4.98 Å². The van der Waals surface area contributed by atoms with Crippen molar-refractivity contribution in [2.75, 3.05) is 20.2 Å². The van der Waals surface area contributed by atoms with E-state index in [1.165, 1.54) is 0 Å². The molecule has 1 saturated heterocycles. The van der Waals surface area contributed by atoms with Crippen LogP contribution in [0, 0.1) is 0 Å². The summed E-state index contributed by atoms with van der Waals surface area (Å²) in [5.74, 6) is 1.14. The summed E-state index contributed by atoms with van der Waals surface area (Å²) in [4.78, 5) is 18.4. The minimum atomic E-state index is -0.201. The number of methoxy groups -OCH3 is 1. The largest absolute Gasteiger partial charge is 0.374 e. The van der Waals surface area contributed by atoms with Gasteiger partial charge in [-0.05, 0) is 20.8 Å². The fourth-order valence-electron chi connectivity index (χ4n) is 2.54. The summed E-state index contributed by atoms with van der Waals surface area (Å²) >= 11 is 0. The van der Waals surface area contributed by atoms with Gasteiger partial charge in [0.25, 0.3) is 0 Å². The lowest BCUT2D eigenvalue weighted by atomic mass is 10.1. The zero-order valence-electron chi connectivity index (χ0n) is 13.5. The molecule has 3 unspecified atom stereocenters. The fourth-order valence-corrected chi connectivity index (χ4v) is 2.54. The predicted octanol–water partition coefficient (Wildman–Crippen LogP) is 1.34. The number of carbonyl (C=O) groups is 1. The van der Waals surface area contributed by atoms with Crippen LogP contribution in [0.2, 0.25) is 0 Å². The highest BCUT2D eigenvalue weighted by Gasteiger charge is 2.25. The Kier molecular flexibility index (Phi) is 7.25. The number of nitrogens with one attached hydrogen (secondary N) is 1. The molecule has 7 nitrogen and oxygen atoms in total. The minimum Gasteiger partial charge on any atom is -0.374 e. The molecule has 1 aliphatic rings. The molecule has 1 amide bonds. The maximum Gasteiger partial charge on any atom is 0.227 e. The Morgan fingerprint density at radius 1 is 1.45 bits per heavy atom. The van der Waals surface area contributed by atoms with E-state index in [-0.39, 0.29) is 24.4 Å². The van der Waals surface area contributed by atoms with Crippen LogP contribution >= 0.6 is 12.4 Å². The normalized spacial score (nSPS) is 23.0. The van der Waals surface area contributed by atoms with Crippen molar-refractivity contribution in [2.45, 2.75) is 51.8 Å². The molecule has 0 aromatic carbocycles. The van der Waals surface area contributed by atoms with Crippen molar-refractivity contribution in [1.82, 2.24) is 20.4 Å². The molecule has 2 heterocycles.